The van der Waals surface area contributed by atoms with E-state index in [1.807, 2.05) is 0 Å². The quantitative estimate of drug-likeness (QED) is 0.0579. The molecule has 0 unspecified atom stereocenters. The van der Waals surface area contributed by atoms with Crippen molar-refractivity contribution in [3.63, 3.8) is 0 Å². The number of ether oxygens (including phenoxy) is 9. The molecular weight excluding hydrogens is 676 g/mol. The summed E-state index contributed by atoms with van der Waals surface area (Å²) in [7, 11) is 0. The van der Waals surface area contributed by atoms with Gasteiger partial charge in [0, 0.05) is 51.2 Å². The maximum Gasteiger partial charge on any atom is 0.407 e. The zero-order chi connectivity index (χ0) is 37.4. The SMILES string of the molecule is CC(C)(C)OC(=O)NCCNC(=O)CCOCCOCCOCCOCCOCCOCCOCCOCCNC(=O)CCN1C(=O)C=CC1=O. The summed E-state index contributed by atoms with van der Waals surface area (Å²) in [6.07, 6.45) is 2.12. The smallest absolute Gasteiger partial charge is 0.407 e. The van der Waals surface area contributed by atoms with Crippen LogP contribution in [0.2, 0.25) is 0 Å². The number of carbonyl (C=O) groups is 5. The van der Waals surface area contributed by atoms with Crippen LogP contribution in [-0.4, -0.2) is 172 Å². The van der Waals surface area contributed by atoms with E-state index in [1.54, 1.807) is 20.8 Å². The predicted molar refractivity (Wildman–Crippen MR) is 182 cm³/mol. The third-order valence-corrected chi connectivity index (χ3v) is 6.22. The van der Waals surface area contributed by atoms with E-state index >= 15 is 0 Å². The van der Waals surface area contributed by atoms with Crippen LogP contribution >= 0.6 is 0 Å². The van der Waals surface area contributed by atoms with Crippen molar-refractivity contribution in [2.24, 2.45) is 0 Å². The van der Waals surface area contributed by atoms with E-state index in [-0.39, 0.29) is 44.4 Å². The van der Waals surface area contributed by atoms with E-state index < -0.39 is 23.5 Å². The lowest BCUT2D eigenvalue weighted by molar-refractivity contribution is -0.137. The Morgan fingerprint density at radius 2 is 0.863 bits per heavy atom. The lowest BCUT2D eigenvalue weighted by Crippen LogP contribution is -2.38. The molecule has 0 atom stereocenters. The number of rotatable bonds is 33. The number of nitrogens with one attached hydrogen (secondary N) is 3. The molecule has 0 fully saturated rings. The molecule has 51 heavy (non-hydrogen) atoms. The first kappa shape index (κ1) is 45.8. The Bertz CT molecular complexity index is 991. The summed E-state index contributed by atoms with van der Waals surface area (Å²) in [5, 5.41) is 7.94. The van der Waals surface area contributed by atoms with Gasteiger partial charge in [-0.1, -0.05) is 0 Å². The Morgan fingerprint density at radius 1 is 0.510 bits per heavy atom. The molecule has 3 N–H and O–H groups in total. The van der Waals surface area contributed by atoms with Crippen molar-refractivity contribution in [1.82, 2.24) is 20.9 Å². The van der Waals surface area contributed by atoms with E-state index in [2.05, 4.69) is 16.0 Å². The summed E-state index contributed by atoms with van der Waals surface area (Å²) >= 11 is 0. The lowest BCUT2D eigenvalue weighted by Gasteiger charge is -2.19. The van der Waals surface area contributed by atoms with Gasteiger partial charge in [0.15, 0.2) is 0 Å². The van der Waals surface area contributed by atoms with Crippen LogP contribution in [0.15, 0.2) is 12.2 Å². The molecule has 18 nitrogen and oxygen atoms in total. The molecule has 1 rings (SSSR count). The van der Waals surface area contributed by atoms with E-state index in [9.17, 15) is 24.0 Å². The number of hydrogen-bond acceptors (Lipinski definition) is 14. The van der Waals surface area contributed by atoms with Gasteiger partial charge in [-0.15, -0.1) is 0 Å². The number of nitrogens with zero attached hydrogens (tertiary/aromatic N) is 1. The van der Waals surface area contributed by atoms with E-state index in [0.29, 0.717) is 112 Å². The molecule has 0 aromatic heterocycles. The molecule has 1 heterocycles. The van der Waals surface area contributed by atoms with Gasteiger partial charge < -0.3 is 58.6 Å². The van der Waals surface area contributed by atoms with Crippen molar-refractivity contribution in [1.29, 1.82) is 0 Å². The maximum atomic E-state index is 11.8. The Morgan fingerprint density at radius 3 is 1.29 bits per heavy atom. The normalized spacial score (nSPS) is 12.8. The predicted octanol–water partition coefficient (Wildman–Crippen LogP) is -0.418. The van der Waals surface area contributed by atoms with Gasteiger partial charge in [-0.25, -0.2) is 4.79 Å². The highest BCUT2D eigenvalue weighted by molar-refractivity contribution is 6.13. The third kappa shape index (κ3) is 29.1. The number of amides is 5. The molecule has 0 aliphatic carbocycles. The van der Waals surface area contributed by atoms with Gasteiger partial charge in [-0.2, -0.15) is 0 Å². The lowest BCUT2D eigenvalue weighted by atomic mass is 10.2. The topological polar surface area (TPSA) is 208 Å². The molecular formula is C33H58N4O14. The Labute approximate surface area is 300 Å². The minimum Gasteiger partial charge on any atom is -0.444 e. The van der Waals surface area contributed by atoms with Crippen molar-refractivity contribution in [2.75, 3.05) is 132 Å². The molecule has 18 heteroatoms. The highest BCUT2D eigenvalue weighted by atomic mass is 16.6. The first-order valence-corrected chi connectivity index (χ1v) is 17.2. The van der Waals surface area contributed by atoms with Gasteiger partial charge in [0.2, 0.25) is 11.8 Å². The molecule has 1 aliphatic rings. The minimum absolute atomic E-state index is 0.0452. The zero-order valence-corrected chi connectivity index (χ0v) is 30.4. The molecule has 0 bridgehead atoms. The van der Waals surface area contributed by atoms with Crippen molar-refractivity contribution in [2.45, 2.75) is 39.2 Å². The van der Waals surface area contributed by atoms with Crippen LogP contribution in [0.1, 0.15) is 33.6 Å². The summed E-state index contributed by atoms with van der Waals surface area (Å²) < 4.78 is 48.5. The van der Waals surface area contributed by atoms with Crippen LogP contribution in [0.3, 0.4) is 0 Å². The largest absolute Gasteiger partial charge is 0.444 e. The molecule has 1 aliphatic heterocycles. The first-order chi connectivity index (χ1) is 24.6. The van der Waals surface area contributed by atoms with Gasteiger partial charge in [-0.3, -0.25) is 24.1 Å². The fourth-order valence-corrected chi connectivity index (χ4v) is 3.79. The second-order valence-electron chi connectivity index (χ2n) is 11.7. The summed E-state index contributed by atoms with van der Waals surface area (Å²) in [4.78, 5) is 59.0. The number of carbonyl (C=O) groups excluding carboxylic acids is 5. The second kappa shape index (κ2) is 30.4. The summed E-state index contributed by atoms with van der Waals surface area (Å²) in [5.41, 5.74) is -0.565. The van der Waals surface area contributed by atoms with Crippen molar-refractivity contribution < 1.29 is 66.6 Å². The Hall–Kier alpha value is -3.23. The molecule has 0 aromatic carbocycles. The van der Waals surface area contributed by atoms with Crippen molar-refractivity contribution >= 4 is 29.7 Å². The van der Waals surface area contributed by atoms with Gasteiger partial charge in [0.05, 0.1) is 106 Å². The maximum absolute atomic E-state index is 11.8. The molecule has 294 valence electrons. The van der Waals surface area contributed by atoms with E-state index in [1.165, 1.54) is 12.2 Å². The van der Waals surface area contributed by atoms with Crippen LogP contribution < -0.4 is 16.0 Å². The first-order valence-electron chi connectivity index (χ1n) is 17.2. The average molecular weight is 735 g/mol. The molecule has 5 amide bonds. The number of alkyl carbamates (subject to hydrolysis) is 1. The molecule has 0 saturated carbocycles. The summed E-state index contributed by atoms with van der Waals surface area (Å²) in [5.74, 6) is -1.23. The average Bonchev–Trinajstić information content (AvgIpc) is 3.40. The molecule has 0 aromatic rings. The summed E-state index contributed by atoms with van der Waals surface area (Å²) in [6.45, 7) is 12.8. The monoisotopic (exact) mass is 734 g/mol. The van der Waals surface area contributed by atoms with Gasteiger partial charge in [-0.05, 0) is 20.8 Å². The Balaban J connectivity index is 1.70. The number of hydrogen-bond donors (Lipinski definition) is 3. The van der Waals surface area contributed by atoms with Crippen LogP contribution in [0.25, 0.3) is 0 Å². The van der Waals surface area contributed by atoms with Crippen molar-refractivity contribution in [3.05, 3.63) is 12.2 Å². The fraction of sp³-hybridized carbons (Fsp3) is 0.788. The van der Waals surface area contributed by atoms with Crippen molar-refractivity contribution in [3.8, 4) is 0 Å². The van der Waals surface area contributed by atoms with Crippen LogP contribution in [-0.2, 0) is 61.8 Å². The minimum atomic E-state index is -0.565. The molecule has 0 radical (unpaired) electrons. The highest BCUT2D eigenvalue weighted by Gasteiger charge is 2.23. The van der Waals surface area contributed by atoms with Crippen LogP contribution in [0, 0.1) is 0 Å². The Kier molecular flexibility index (Phi) is 27.3. The van der Waals surface area contributed by atoms with Crippen LogP contribution in [0.4, 0.5) is 4.79 Å². The van der Waals surface area contributed by atoms with Crippen LogP contribution in [0.5, 0.6) is 0 Å². The third-order valence-electron chi connectivity index (χ3n) is 6.22. The highest BCUT2D eigenvalue weighted by Crippen LogP contribution is 2.06. The zero-order valence-electron chi connectivity index (χ0n) is 30.4. The second-order valence-corrected chi connectivity index (χ2v) is 11.7. The standard InChI is InChI=1S/C33H58N4O14/c1-33(2,3)51-32(42)36-9-8-34-29(39)7-12-43-14-16-45-18-20-47-22-24-49-26-27-50-25-23-48-21-19-46-17-15-44-13-10-35-28(38)6-11-37-30(40)4-5-31(37)41/h4-5H,6-27H2,1-3H3,(H,34,39)(H,35,38)(H,36,42). The fourth-order valence-electron chi connectivity index (χ4n) is 3.79. The molecule has 0 saturated heterocycles. The number of imide groups is 1. The summed E-state index contributed by atoms with van der Waals surface area (Å²) in [6, 6.07) is 0. The van der Waals surface area contributed by atoms with Gasteiger partial charge in [0.25, 0.3) is 11.8 Å². The molecule has 0 spiro atoms. The van der Waals surface area contributed by atoms with E-state index in [0.717, 1.165) is 4.90 Å². The van der Waals surface area contributed by atoms with Gasteiger partial charge >= 0.3 is 6.09 Å². The van der Waals surface area contributed by atoms with E-state index in [4.69, 9.17) is 42.6 Å². The van der Waals surface area contributed by atoms with Gasteiger partial charge in [0.1, 0.15) is 5.60 Å².